The Hall–Kier alpha value is -2.64. The first-order valence-corrected chi connectivity index (χ1v) is 7.92. The molecule has 8 nitrogen and oxygen atoms in total. The minimum absolute atomic E-state index is 0.0753. The van der Waals surface area contributed by atoms with Gasteiger partial charge in [0.1, 0.15) is 6.26 Å². The largest absolute Gasteiger partial charge is 0.481 e. The Balaban J connectivity index is 1.56. The van der Waals surface area contributed by atoms with Crippen molar-refractivity contribution in [1.29, 1.82) is 0 Å². The predicted molar refractivity (Wildman–Crippen MR) is 81.9 cm³/mol. The van der Waals surface area contributed by atoms with Crippen LogP contribution in [0.15, 0.2) is 27.5 Å². The molecular formula is C16H19N3O5. The molecule has 1 aliphatic rings. The summed E-state index contributed by atoms with van der Waals surface area (Å²) in [6.07, 6.45) is 5.45. The maximum atomic E-state index is 12.4. The zero-order valence-electron chi connectivity index (χ0n) is 13.3. The monoisotopic (exact) mass is 333 g/mol. The average molecular weight is 333 g/mol. The Labute approximate surface area is 138 Å². The van der Waals surface area contributed by atoms with Crippen LogP contribution in [-0.2, 0) is 16.0 Å². The highest BCUT2D eigenvalue weighted by molar-refractivity contribution is 5.78. The van der Waals surface area contributed by atoms with Crippen molar-refractivity contribution in [3.8, 4) is 11.4 Å². The van der Waals surface area contributed by atoms with Gasteiger partial charge in [-0.1, -0.05) is 12.1 Å². The number of aromatic nitrogens is 2. The Bertz CT molecular complexity index is 705. The fourth-order valence-electron chi connectivity index (χ4n) is 2.44. The van der Waals surface area contributed by atoms with E-state index in [0.717, 1.165) is 12.8 Å². The molecule has 2 aromatic heterocycles. The number of hydrogen-bond acceptors (Lipinski definition) is 6. The van der Waals surface area contributed by atoms with Crippen molar-refractivity contribution < 1.29 is 23.6 Å². The van der Waals surface area contributed by atoms with Gasteiger partial charge in [0.05, 0.1) is 17.7 Å². The van der Waals surface area contributed by atoms with Crippen molar-refractivity contribution in [3.05, 3.63) is 24.5 Å². The summed E-state index contributed by atoms with van der Waals surface area (Å²) < 4.78 is 10.1. The molecule has 0 aliphatic heterocycles. The summed E-state index contributed by atoms with van der Waals surface area (Å²) in [6.45, 7) is 1.85. The van der Waals surface area contributed by atoms with Crippen LogP contribution in [0.1, 0.15) is 32.1 Å². The highest BCUT2D eigenvalue weighted by atomic mass is 16.5. The molecule has 2 heterocycles. The standard InChI is InChI=1S/C16H19N3O5/c1-10(16(21)22)8-19(12-2-3-12)14(20)5-4-13-17-15(18-24-13)11-6-7-23-9-11/h6-7,9-10,12H,2-5,8H2,1H3,(H,21,22). The van der Waals surface area contributed by atoms with Gasteiger partial charge < -0.3 is 18.9 Å². The third-order valence-corrected chi connectivity index (χ3v) is 4.00. The SMILES string of the molecule is CC(CN(C(=O)CCc1nc(-c2ccoc2)no1)C1CC1)C(=O)O. The molecule has 1 amide bonds. The van der Waals surface area contributed by atoms with E-state index < -0.39 is 11.9 Å². The van der Waals surface area contributed by atoms with Gasteiger partial charge in [0, 0.05) is 25.4 Å². The van der Waals surface area contributed by atoms with Crippen molar-refractivity contribution in [2.45, 2.75) is 38.6 Å². The number of aliphatic carboxylic acids is 1. The van der Waals surface area contributed by atoms with Crippen LogP contribution in [0.5, 0.6) is 0 Å². The molecule has 0 radical (unpaired) electrons. The first-order chi connectivity index (χ1) is 11.5. The Kier molecular flexibility index (Phi) is 4.64. The second kappa shape index (κ2) is 6.86. The molecule has 2 aromatic rings. The molecule has 8 heteroatoms. The van der Waals surface area contributed by atoms with Crippen LogP contribution in [0.2, 0.25) is 0 Å². The van der Waals surface area contributed by atoms with Gasteiger partial charge >= 0.3 is 5.97 Å². The molecule has 3 rings (SSSR count). The van der Waals surface area contributed by atoms with E-state index in [1.807, 2.05) is 0 Å². The Morgan fingerprint density at radius 3 is 2.88 bits per heavy atom. The summed E-state index contributed by atoms with van der Waals surface area (Å²) in [5, 5.41) is 12.9. The number of amides is 1. The van der Waals surface area contributed by atoms with E-state index in [1.54, 1.807) is 17.9 Å². The number of furan rings is 1. The number of carbonyl (C=O) groups excluding carboxylic acids is 1. The van der Waals surface area contributed by atoms with Crippen LogP contribution < -0.4 is 0 Å². The lowest BCUT2D eigenvalue weighted by atomic mass is 10.1. The van der Waals surface area contributed by atoms with Crippen molar-refractivity contribution in [3.63, 3.8) is 0 Å². The summed E-state index contributed by atoms with van der Waals surface area (Å²) in [7, 11) is 0. The van der Waals surface area contributed by atoms with Crippen LogP contribution in [-0.4, -0.2) is 44.6 Å². The van der Waals surface area contributed by atoms with Crippen molar-refractivity contribution >= 4 is 11.9 Å². The second-order valence-electron chi connectivity index (χ2n) is 6.04. The number of carbonyl (C=O) groups is 2. The normalized spacial score (nSPS) is 15.2. The molecule has 1 atom stereocenters. The number of nitrogens with zero attached hydrogens (tertiary/aromatic N) is 3. The summed E-state index contributed by atoms with van der Waals surface area (Å²) in [5.41, 5.74) is 0.714. The van der Waals surface area contributed by atoms with Gasteiger partial charge in [0.25, 0.3) is 0 Å². The highest BCUT2D eigenvalue weighted by Gasteiger charge is 2.34. The third-order valence-electron chi connectivity index (χ3n) is 4.00. The number of carboxylic acids is 1. The molecule has 1 aliphatic carbocycles. The fraction of sp³-hybridized carbons (Fsp3) is 0.500. The lowest BCUT2D eigenvalue weighted by Crippen LogP contribution is -2.38. The summed E-state index contributed by atoms with van der Waals surface area (Å²) >= 11 is 0. The maximum absolute atomic E-state index is 12.4. The molecule has 1 N–H and O–H groups in total. The topological polar surface area (TPSA) is 110 Å². The first-order valence-electron chi connectivity index (χ1n) is 7.92. The molecule has 0 aromatic carbocycles. The molecule has 1 saturated carbocycles. The summed E-state index contributed by atoms with van der Waals surface area (Å²) in [5.74, 6) is -0.749. The number of hydrogen-bond donors (Lipinski definition) is 1. The summed E-state index contributed by atoms with van der Waals surface area (Å²) in [6, 6.07) is 1.89. The second-order valence-corrected chi connectivity index (χ2v) is 6.04. The number of aryl methyl sites for hydroxylation is 1. The molecular weight excluding hydrogens is 314 g/mol. The molecule has 0 bridgehead atoms. The lowest BCUT2D eigenvalue weighted by Gasteiger charge is -2.24. The first kappa shape index (κ1) is 16.2. The zero-order chi connectivity index (χ0) is 17.1. The molecule has 24 heavy (non-hydrogen) atoms. The van der Waals surface area contributed by atoms with Crippen molar-refractivity contribution in [2.24, 2.45) is 5.92 Å². The zero-order valence-corrected chi connectivity index (χ0v) is 13.3. The molecule has 128 valence electrons. The highest BCUT2D eigenvalue weighted by Crippen LogP contribution is 2.28. The van der Waals surface area contributed by atoms with Crippen molar-refractivity contribution in [2.75, 3.05) is 6.54 Å². The quantitative estimate of drug-likeness (QED) is 0.786. The number of carboxylic acid groups (broad SMARTS) is 1. The van der Waals surface area contributed by atoms with Gasteiger partial charge in [-0.3, -0.25) is 9.59 Å². The summed E-state index contributed by atoms with van der Waals surface area (Å²) in [4.78, 5) is 29.3. The average Bonchev–Trinajstić information content (AvgIpc) is 3.06. The Morgan fingerprint density at radius 2 is 2.25 bits per heavy atom. The molecule has 0 spiro atoms. The predicted octanol–water partition coefficient (Wildman–Crippen LogP) is 1.97. The van der Waals surface area contributed by atoms with Crippen LogP contribution in [0.25, 0.3) is 11.4 Å². The fourth-order valence-corrected chi connectivity index (χ4v) is 2.44. The van der Waals surface area contributed by atoms with Crippen molar-refractivity contribution in [1.82, 2.24) is 15.0 Å². The van der Waals surface area contributed by atoms with E-state index in [4.69, 9.17) is 14.0 Å². The van der Waals surface area contributed by atoms with Gasteiger partial charge in [-0.2, -0.15) is 4.98 Å². The van der Waals surface area contributed by atoms with Crippen LogP contribution in [0, 0.1) is 5.92 Å². The lowest BCUT2D eigenvalue weighted by molar-refractivity contribution is -0.143. The van der Waals surface area contributed by atoms with Gasteiger partial charge in [-0.05, 0) is 18.9 Å². The molecule has 1 fully saturated rings. The van der Waals surface area contributed by atoms with Gasteiger partial charge in [-0.25, -0.2) is 0 Å². The minimum atomic E-state index is -0.893. The Morgan fingerprint density at radius 1 is 1.46 bits per heavy atom. The van der Waals surface area contributed by atoms with E-state index in [1.165, 1.54) is 12.5 Å². The van der Waals surface area contributed by atoms with Gasteiger partial charge in [0.2, 0.25) is 17.6 Å². The minimum Gasteiger partial charge on any atom is -0.481 e. The van der Waals surface area contributed by atoms with Gasteiger partial charge in [-0.15, -0.1) is 0 Å². The van der Waals surface area contributed by atoms with Gasteiger partial charge in [0.15, 0.2) is 0 Å². The van der Waals surface area contributed by atoms with E-state index in [-0.39, 0.29) is 24.9 Å². The van der Waals surface area contributed by atoms with E-state index in [0.29, 0.717) is 23.7 Å². The smallest absolute Gasteiger partial charge is 0.308 e. The maximum Gasteiger partial charge on any atom is 0.308 e. The van der Waals surface area contributed by atoms with Crippen LogP contribution in [0.3, 0.4) is 0 Å². The molecule has 1 unspecified atom stereocenters. The van der Waals surface area contributed by atoms with E-state index in [9.17, 15) is 9.59 Å². The van der Waals surface area contributed by atoms with E-state index in [2.05, 4.69) is 10.1 Å². The van der Waals surface area contributed by atoms with Crippen LogP contribution in [0.4, 0.5) is 0 Å². The van der Waals surface area contributed by atoms with E-state index >= 15 is 0 Å². The number of rotatable bonds is 8. The third kappa shape index (κ3) is 3.81. The van der Waals surface area contributed by atoms with Crippen LogP contribution >= 0.6 is 0 Å². The molecule has 0 saturated heterocycles.